The lowest BCUT2D eigenvalue weighted by Crippen LogP contribution is -2.20. The van der Waals surface area contributed by atoms with E-state index in [9.17, 15) is 10.1 Å². The number of thiocarbonyl (C=S) groups is 1. The average Bonchev–Trinajstić information content (AvgIpc) is 2.78. The molecule has 0 N–H and O–H groups in total. The maximum Gasteiger partial charge on any atom is 0.154 e. The number of nitrogens with zero attached hydrogens (tertiary/aromatic N) is 1. The van der Waals surface area contributed by atoms with E-state index in [1.807, 2.05) is 56.3 Å². The van der Waals surface area contributed by atoms with E-state index in [0.717, 1.165) is 17.4 Å². The lowest BCUT2D eigenvalue weighted by Gasteiger charge is -2.22. The van der Waals surface area contributed by atoms with Crippen LogP contribution in [0.3, 0.4) is 0 Å². The Labute approximate surface area is 194 Å². The molecule has 31 heavy (non-hydrogen) atoms. The first-order valence-electron chi connectivity index (χ1n) is 10.1. The topological polar surface area (TPSA) is 59.3 Å². The Morgan fingerprint density at radius 2 is 1.97 bits per heavy atom. The summed E-state index contributed by atoms with van der Waals surface area (Å²) in [5.41, 5.74) is 2.42. The highest BCUT2D eigenvalue weighted by Gasteiger charge is 2.27. The van der Waals surface area contributed by atoms with E-state index in [1.54, 1.807) is 6.07 Å². The molecule has 0 aliphatic heterocycles. The minimum Gasteiger partial charge on any atom is -0.498 e. The number of aryl methyl sites for hydroxylation is 1. The molecule has 0 saturated heterocycles. The van der Waals surface area contributed by atoms with Gasteiger partial charge in [0.15, 0.2) is 6.29 Å². The summed E-state index contributed by atoms with van der Waals surface area (Å²) in [4.78, 5) is 11.2. The third-order valence-electron chi connectivity index (χ3n) is 4.70. The lowest BCUT2D eigenvalue weighted by molar-refractivity contribution is 0.111. The van der Waals surface area contributed by atoms with Crippen LogP contribution in [0.2, 0.25) is 0 Å². The highest BCUT2D eigenvalue weighted by molar-refractivity contribution is 8.24. The molecule has 0 saturated carbocycles. The number of nitriles is 1. The van der Waals surface area contributed by atoms with Gasteiger partial charge in [0, 0.05) is 12.8 Å². The van der Waals surface area contributed by atoms with Gasteiger partial charge in [0.25, 0.3) is 0 Å². The third-order valence-corrected chi connectivity index (χ3v) is 6.35. The van der Waals surface area contributed by atoms with Gasteiger partial charge in [0.05, 0.1) is 34.8 Å². The molecule has 0 amide bonds. The molecule has 2 aromatic rings. The first kappa shape index (κ1) is 24.6. The van der Waals surface area contributed by atoms with Gasteiger partial charge in [0.2, 0.25) is 0 Å². The van der Waals surface area contributed by atoms with E-state index < -0.39 is 4.75 Å². The second kappa shape index (κ2) is 12.3. The highest BCUT2D eigenvalue weighted by Crippen LogP contribution is 2.34. The van der Waals surface area contributed by atoms with Crippen LogP contribution in [0.1, 0.15) is 47.7 Å². The van der Waals surface area contributed by atoms with Crippen LogP contribution in [0.25, 0.3) is 0 Å². The van der Waals surface area contributed by atoms with Crippen LogP contribution in [0.4, 0.5) is 0 Å². The van der Waals surface area contributed by atoms with Crippen molar-refractivity contribution in [1.82, 2.24) is 0 Å². The summed E-state index contributed by atoms with van der Waals surface area (Å²) in [6.45, 7) is 8.63. The SMILES string of the molecule is C=C(CCC(C)(C#N)SC(=S)c1ccccc1)OCCCOc1cccc(C)c1C=O. The first-order chi connectivity index (χ1) is 14.9. The number of rotatable bonds is 12. The van der Waals surface area contributed by atoms with Gasteiger partial charge in [-0.05, 0) is 37.5 Å². The van der Waals surface area contributed by atoms with E-state index in [0.29, 0.717) is 53.7 Å². The van der Waals surface area contributed by atoms with Crippen LogP contribution in [0.15, 0.2) is 60.9 Å². The minimum absolute atomic E-state index is 0.439. The second-order valence-corrected chi connectivity index (χ2v) is 9.47. The molecule has 0 bridgehead atoms. The van der Waals surface area contributed by atoms with Crippen molar-refractivity contribution in [3.8, 4) is 11.8 Å². The van der Waals surface area contributed by atoms with Gasteiger partial charge in [-0.2, -0.15) is 5.26 Å². The summed E-state index contributed by atoms with van der Waals surface area (Å²) >= 11 is 6.90. The Hall–Kier alpha value is -2.62. The predicted octanol–water partition coefficient (Wildman–Crippen LogP) is 6.28. The Balaban J connectivity index is 1.72. The second-order valence-electron chi connectivity index (χ2n) is 7.29. The molecular formula is C25H27NO3S2. The predicted molar refractivity (Wildman–Crippen MR) is 131 cm³/mol. The van der Waals surface area contributed by atoms with Crippen molar-refractivity contribution in [2.45, 2.75) is 37.9 Å². The summed E-state index contributed by atoms with van der Waals surface area (Å²) in [6, 6.07) is 17.6. The minimum atomic E-state index is -0.654. The normalized spacial score (nSPS) is 12.3. The fourth-order valence-electron chi connectivity index (χ4n) is 2.81. The van der Waals surface area contributed by atoms with Crippen molar-refractivity contribution >= 4 is 34.5 Å². The number of thioether (sulfide) groups is 1. The summed E-state index contributed by atoms with van der Waals surface area (Å²) in [5, 5.41) is 9.67. The van der Waals surface area contributed by atoms with Crippen molar-refractivity contribution in [2.75, 3.05) is 13.2 Å². The number of hydrogen-bond acceptors (Lipinski definition) is 6. The number of carbonyl (C=O) groups excluding carboxylic acids is 1. The molecule has 2 aromatic carbocycles. The Kier molecular flexibility index (Phi) is 9.77. The zero-order chi connectivity index (χ0) is 22.7. The maximum absolute atomic E-state index is 11.2. The average molecular weight is 454 g/mol. The molecule has 1 unspecified atom stereocenters. The van der Waals surface area contributed by atoms with Crippen LogP contribution >= 0.6 is 24.0 Å². The third kappa shape index (κ3) is 7.86. The molecule has 0 aromatic heterocycles. The van der Waals surface area contributed by atoms with Crippen LogP contribution in [-0.4, -0.2) is 28.4 Å². The monoisotopic (exact) mass is 453 g/mol. The number of allylic oxidation sites excluding steroid dienone is 1. The number of carbonyl (C=O) groups is 1. The van der Waals surface area contributed by atoms with Gasteiger partial charge in [-0.3, -0.25) is 4.79 Å². The van der Waals surface area contributed by atoms with Gasteiger partial charge >= 0.3 is 0 Å². The van der Waals surface area contributed by atoms with Crippen molar-refractivity contribution < 1.29 is 14.3 Å². The van der Waals surface area contributed by atoms with Gasteiger partial charge in [-0.15, -0.1) is 0 Å². The fourth-order valence-corrected chi connectivity index (χ4v) is 4.41. The van der Waals surface area contributed by atoms with E-state index >= 15 is 0 Å². The highest BCUT2D eigenvalue weighted by atomic mass is 32.2. The maximum atomic E-state index is 11.2. The molecular weight excluding hydrogens is 426 g/mol. The Morgan fingerprint density at radius 1 is 1.23 bits per heavy atom. The Bertz CT molecular complexity index is 953. The van der Waals surface area contributed by atoms with Gasteiger partial charge < -0.3 is 9.47 Å². The van der Waals surface area contributed by atoms with Crippen LogP contribution < -0.4 is 4.74 Å². The molecule has 0 spiro atoms. The molecule has 0 heterocycles. The molecule has 0 fully saturated rings. The molecule has 162 valence electrons. The molecule has 0 radical (unpaired) electrons. The molecule has 0 aliphatic carbocycles. The van der Waals surface area contributed by atoms with Crippen LogP contribution in [-0.2, 0) is 4.74 Å². The summed E-state index contributed by atoms with van der Waals surface area (Å²) in [7, 11) is 0. The summed E-state index contributed by atoms with van der Waals surface area (Å²) < 4.78 is 11.5. The smallest absolute Gasteiger partial charge is 0.154 e. The first-order valence-corrected chi connectivity index (χ1v) is 11.3. The van der Waals surface area contributed by atoms with Crippen LogP contribution in [0, 0.1) is 18.3 Å². The molecule has 2 rings (SSSR count). The molecule has 6 heteroatoms. The summed E-state index contributed by atoms with van der Waals surface area (Å²) in [6.07, 6.45) is 2.63. The Morgan fingerprint density at radius 3 is 2.65 bits per heavy atom. The van der Waals surface area contributed by atoms with E-state index in [2.05, 4.69) is 12.6 Å². The lowest BCUT2D eigenvalue weighted by atomic mass is 10.1. The van der Waals surface area contributed by atoms with Crippen molar-refractivity contribution in [1.29, 1.82) is 5.26 Å². The number of aldehydes is 1. The molecule has 4 nitrogen and oxygen atoms in total. The number of ether oxygens (including phenoxy) is 2. The van der Waals surface area contributed by atoms with Gasteiger partial charge in [-0.25, -0.2) is 0 Å². The number of benzene rings is 2. The fraction of sp³-hybridized carbons (Fsp3) is 0.320. The van der Waals surface area contributed by atoms with Crippen molar-refractivity contribution in [3.63, 3.8) is 0 Å². The molecule has 0 aliphatic rings. The van der Waals surface area contributed by atoms with E-state index in [-0.39, 0.29) is 0 Å². The zero-order valence-corrected chi connectivity index (χ0v) is 19.6. The largest absolute Gasteiger partial charge is 0.498 e. The van der Waals surface area contributed by atoms with Crippen molar-refractivity contribution in [3.05, 3.63) is 77.6 Å². The van der Waals surface area contributed by atoms with Crippen LogP contribution in [0.5, 0.6) is 5.75 Å². The van der Waals surface area contributed by atoms with E-state index in [4.69, 9.17) is 21.7 Å². The van der Waals surface area contributed by atoms with E-state index in [1.165, 1.54) is 11.8 Å². The number of hydrogen-bond donors (Lipinski definition) is 0. The van der Waals surface area contributed by atoms with Gasteiger partial charge in [0.1, 0.15) is 10.5 Å². The zero-order valence-electron chi connectivity index (χ0n) is 17.9. The van der Waals surface area contributed by atoms with Crippen molar-refractivity contribution in [2.24, 2.45) is 0 Å². The summed E-state index contributed by atoms with van der Waals surface area (Å²) in [5.74, 6) is 1.22. The quantitative estimate of drug-likeness (QED) is 0.163. The standard InChI is InChI=1S/C25H27NO3S2/c1-19-9-7-12-23(22(19)17-27)29-16-8-15-28-20(2)13-14-25(3,18-26)31-24(30)21-10-5-4-6-11-21/h4-7,9-12,17H,2,8,13-16H2,1,3H3. The van der Waals surface area contributed by atoms with Gasteiger partial charge in [-0.1, -0.05) is 73.0 Å². The molecule has 1 atom stereocenters.